The van der Waals surface area contributed by atoms with E-state index < -0.39 is 39.5 Å². The van der Waals surface area contributed by atoms with Crippen LogP contribution in [0.3, 0.4) is 0 Å². The number of halogens is 1. The Balaban J connectivity index is 2.03. The van der Waals surface area contributed by atoms with Gasteiger partial charge in [0.05, 0.1) is 20.0 Å². The first kappa shape index (κ1) is 17.9. The van der Waals surface area contributed by atoms with E-state index in [1.165, 1.54) is 18.0 Å². The summed E-state index contributed by atoms with van der Waals surface area (Å²) in [6.45, 7) is -0.606. The average molecular weight is 372 g/mol. The Hall–Kier alpha value is -1.92. The second-order valence-corrected chi connectivity index (χ2v) is 5.71. The number of rotatable bonds is 6. The molecule has 0 aromatic carbocycles. The van der Waals surface area contributed by atoms with Gasteiger partial charge in [-0.15, -0.1) is 9.42 Å². The van der Waals surface area contributed by atoms with E-state index in [1.54, 1.807) is 0 Å². The fraction of sp³-hybridized carbons (Fsp3) is 0.545. The Labute approximate surface area is 142 Å². The van der Waals surface area contributed by atoms with Gasteiger partial charge in [-0.2, -0.15) is 9.97 Å². The van der Waals surface area contributed by atoms with E-state index in [1.807, 2.05) is 0 Å². The highest BCUT2D eigenvalue weighted by molar-refractivity contribution is 7.32. The summed E-state index contributed by atoms with van der Waals surface area (Å²) in [5.74, 6) is 0.111. The van der Waals surface area contributed by atoms with E-state index in [-0.39, 0.29) is 23.0 Å². The van der Waals surface area contributed by atoms with Crippen LogP contribution < -0.4 is 9.96 Å². The monoisotopic (exact) mass is 372 g/mol. The standard InChI is InChI=1S/C11H12BFN5O6P/c1-22-9-6-8(15-11(16-9)17-12)18(3-14-6)10-5(13)7(24-25(20)21)4(2-19)23-10/h3-5,7,10,19H,2H2,1H3,(H-,15,16,17,20,21)/p+1/t4-,5-,7-,10-/m1/s1. The number of aliphatic hydroxyl groups is 1. The minimum Gasteiger partial charge on any atom is -0.479 e. The largest absolute Gasteiger partial charge is 0.695 e. The van der Waals surface area contributed by atoms with Crippen LogP contribution in [0.25, 0.3) is 11.2 Å². The summed E-state index contributed by atoms with van der Waals surface area (Å²) >= 11 is 0. The summed E-state index contributed by atoms with van der Waals surface area (Å²) in [5, 5.41) is 11.6. The highest BCUT2D eigenvalue weighted by atomic mass is 31.1. The molecule has 0 bridgehead atoms. The molecule has 2 aromatic rings. The Kier molecular flexibility index (Phi) is 5.11. The van der Waals surface area contributed by atoms with Crippen molar-refractivity contribution in [2.45, 2.75) is 24.6 Å². The number of anilines is 1. The molecule has 2 radical (unpaired) electrons. The second-order valence-electron chi connectivity index (χ2n) is 5.02. The lowest BCUT2D eigenvalue weighted by atomic mass is 10.1. The van der Waals surface area contributed by atoms with Crippen molar-refractivity contribution in [2.75, 3.05) is 18.9 Å². The molecule has 0 aliphatic carbocycles. The first-order valence-electron chi connectivity index (χ1n) is 6.98. The number of ether oxygens (including phenoxy) is 2. The quantitative estimate of drug-likeness (QED) is 0.453. The van der Waals surface area contributed by atoms with Crippen molar-refractivity contribution in [3.8, 4) is 5.88 Å². The molecule has 5 atom stereocenters. The number of imidazole rings is 1. The van der Waals surface area contributed by atoms with Gasteiger partial charge in [-0.3, -0.25) is 4.57 Å². The van der Waals surface area contributed by atoms with Crippen LogP contribution in [0.2, 0.25) is 0 Å². The van der Waals surface area contributed by atoms with Gasteiger partial charge < -0.3 is 19.8 Å². The molecule has 2 aromatic heterocycles. The van der Waals surface area contributed by atoms with Gasteiger partial charge in [0.15, 0.2) is 29.7 Å². The van der Waals surface area contributed by atoms with Gasteiger partial charge in [0.25, 0.3) is 0 Å². The molecule has 3 rings (SSSR count). The predicted molar refractivity (Wildman–Crippen MR) is 81.8 cm³/mol. The molecule has 3 N–H and O–H groups in total. The minimum atomic E-state index is -3.08. The van der Waals surface area contributed by atoms with Gasteiger partial charge in [-0.25, -0.2) is 9.37 Å². The summed E-state index contributed by atoms with van der Waals surface area (Å²) in [7, 11) is 3.60. The Morgan fingerprint density at radius 1 is 1.56 bits per heavy atom. The van der Waals surface area contributed by atoms with E-state index in [0.29, 0.717) is 0 Å². The normalized spacial score (nSPS) is 26.8. The van der Waals surface area contributed by atoms with Crippen molar-refractivity contribution in [1.29, 1.82) is 0 Å². The molecule has 1 aliphatic rings. The first-order chi connectivity index (χ1) is 12.0. The van der Waals surface area contributed by atoms with Crippen molar-refractivity contribution in [3.63, 3.8) is 0 Å². The molecular formula is C11H13BFN5O6P+. The number of aliphatic hydroxyl groups excluding tert-OH is 1. The number of hydrogen-bond acceptors (Lipinski definition) is 9. The zero-order chi connectivity index (χ0) is 18.1. The molecule has 132 valence electrons. The number of alkyl halides is 1. The number of nitrogens with one attached hydrogen (secondary N) is 1. The van der Waals surface area contributed by atoms with Gasteiger partial charge in [0.2, 0.25) is 19.8 Å². The van der Waals surface area contributed by atoms with Gasteiger partial charge in [-0.1, -0.05) is 0 Å². The van der Waals surface area contributed by atoms with Crippen LogP contribution in [0.4, 0.5) is 10.3 Å². The molecule has 1 saturated heterocycles. The van der Waals surface area contributed by atoms with E-state index >= 15 is 0 Å². The smallest absolute Gasteiger partial charge is 0.479 e. The van der Waals surface area contributed by atoms with Gasteiger partial charge in [0.1, 0.15) is 6.10 Å². The predicted octanol–water partition coefficient (Wildman–Crippen LogP) is -0.407. The molecule has 14 heteroatoms. The van der Waals surface area contributed by atoms with Crippen molar-refractivity contribution in [1.82, 2.24) is 19.5 Å². The molecule has 0 spiro atoms. The molecule has 1 aliphatic heterocycles. The third-order valence-corrected chi connectivity index (χ3v) is 4.07. The summed E-state index contributed by atoms with van der Waals surface area (Å²) in [6, 6.07) is 0. The molecule has 11 nitrogen and oxygen atoms in total. The Morgan fingerprint density at radius 2 is 2.32 bits per heavy atom. The first-order valence-corrected chi connectivity index (χ1v) is 8.11. The third-order valence-electron chi connectivity index (χ3n) is 3.64. The zero-order valence-corrected chi connectivity index (χ0v) is 13.7. The highest BCUT2D eigenvalue weighted by Crippen LogP contribution is 2.39. The van der Waals surface area contributed by atoms with Gasteiger partial charge >= 0.3 is 8.25 Å². The lowest BCUT2D eigenvalue weighted by Crippen LogP contribution is -2.32. The molecule has 0 saturated carbocycles. The maximum absolute atomic E-state index is 14.7. The van der Waals surface area contributed by atoms with Crippen LogP contribution in [-0.4, -0.2) is 69.6 Å². The van der Waals surface area contributed by atoms with Crippen molar-refractivity contribution >= 4 is 33.3 Å². The third kappa shape index (κ3) is 3.16. The van der Waals surface area contributed by atoms with Gasteiger partial charge in [-0.05, 0) is 0 Å². The second kappa shape index (κ2) is 7.14. The summed E-state index contributed by atoms with van der Waals surface area (Å²) in [5.41, 5.74) is 0.383. The minimum absolute atomic E-state index is 0.00412. The SMILES string of the molecule is [B]Nc1nc(OC)c2ncn([C@@H]3O[C@H](CO)[C@@H](O[P+](=O)O)[C@H]3F)c2n1. The molecule has 3 heterocycles. The molecule has 25 heavy (non-hydrogen) atoms. The average Bonchev–Trinajstić information content (AvgIpc) is 3.15. The Morgan fingerprint density at radius 3 is 2.92 bits per heavy atom. The van der Waals surface area contributed by atoms with E-state index in [4.69, 9.17) is 22.3 Å². The number of methoxy groups -OCH3 is 1. The van der Waals surface area contributed by atoms with Crippen molar-refractivity contribution < 1.29 is 33.0 Å². The van der Waals surface area contributed by atoms with Crippen LogP contribution in [-0.2, 0) is 13.8 Å². The van der Waals surface area contributed by atoms with E-state index in [2.05, 4.69) is 24.7 Å². The maximum Gasteiger partial charge on any atom is 0.695 e. The van der Waals surface area contributed by atoms with Crippen LogP contribution in [0.5, 0.6) is 5.88 Å². The maximum atomic E-state index is 14.7. The number of nitrogens with zero attached hydrogens (tertiary/aromatic N) is 4. The van der Waals surface area contributed by atoms with Crippen LogP contribution in [0.15, 0.2) is 6.33 Å². The van der Waals surface area contributed by atoms with Crippen LogP contribution >= 0.6 is 8.25 Å². The highest BCUT2D eigenvalue weighted by Gasteiger charge is 2.51. The van der Waals surface area contributed by atoms with Crippen LogP contribution in [0, 0.1) is 0 Å². The van der Waals surface area contributed by atoms with Crippen molar-refractivity contribution in [2.24, 2.45) is 0 Å². The van der Waals surface area contributed by atoms with Gasteiger partial charge in [0, 0.05) is 4.57 Å². The fourth-order valence-electron chi connectivity index (χ4n) is 2.58. The molecule has 0 amide bonds. The van der Waals surface area contributed by atoms with Crippen LogP contribution in [0.1, 0.15) is 6.23 Å². The number of aromatic nitrogens is 4. The lowest BCUT2D eigenvalue weighted by Gasteiger charge is -2.15. The number of fused-ring (bicyclic) bond motifs is 1. The van der Waals surface area contributed by atoms with Crippen molar-refractivity contribution in [3.05, 3.63) is 6.33 Å². The summed E-state index contributed by atoms with van der Waals surface area (Å²) in [4.78, 5) is 21.0. The number of hydrogen-bond donors (Lipinski definition) is 3. The lowest BCUT2D eigenvalue weighted by molar-refractivity contribution is -0.0436. The zero-order valence-electron chi connectivity index (χ0n) is 12.8. The van der Waals surface area contributed by atoms with E-state index in [9.17, 15) is 14.1 Å². The molecule has 1 fully saturated rings. The summed E-state index contributed by atoms with van der Waals surface area (Å²) in [6.07, 6.45) is -4.49. The van der Waals surface area contributed by atoms with E-state index in [0.717, 1.165) is 0 Å². The summed E-state index contributed by atoms with van der Waals surface area (Å²) < 4.78 is 42.0. The topological polar surface area (TPSA) is 141 Å². The molecule has 1 unspecified atom stereocenters. The fourth-order valence-corrected chi connectivity index (χ4v) is 3.04. The Bertz CT molecular complexity index is 796. The molecular weight excluding hydrogens is 359 g/mol.